The number of rotatable bonds is 4. The van der Waals surface area contributed by atoms with Crippen LogP contribution in [0, 0.1) is 0 Å². The minimum atomic E-state index is -0.809. The van der Waals surface area contributed by atoms with E-state index in [0.717, 1.165) is 5.56 Å². The van der Waals surface area contributed by atoms with E-state index < -0.39 is 5.97 Å². The van der Waals surface area contributed by atoms with E-state index in [9.17, 15) is 4.79 Å². The second-order valence-corrected chi connectivity index (χ2v) is 3.47. The lowest BCUT2D eigenvalue weighted by Gasteiger charge is -2.18. The summed E-state index contributed by atoms with van der Waals surface area (Å²) in [5.41, 5.74) is 6.74. The molecule has 0 radical (unpaired) electrons. The maximum atomic E-state index is 10.6. The minimum Gasteiger partial charge on any atom is -0.481 e. The van der Waals surface area contributed by atoms with E-state index in [1.807, 2.05) is 37.3 Å². The zero-order valence-electron chi connectivity index (χ0n) is 8.18. The summed E-state index contributed by atoms with van der Waals surface area (Å²) in [6.07, 6.45) is 0.0850. The Morgan fingerprint density at radius 1 is 1.43 bits per heavy atom. The van der Waals surface area contributed by atoms with Crippen LogP contribution in [0.5, 0.6) is 0 Å². The summed E-state index contributed by atoms with van der Waals surface area (Å²) < 4.78 is 0. The number of hydrogen-bond donors (Lipinski definition) is 2. The van der Waals surface area contributed by atoms with Crippen molar-refractivity contribution in [2.24, 2.45) is 5.73 Å². The van der Waals surface area contributed by atoms with E-state index in [0.29, 0.717) is 0 Å². The maximum absolute atomic E-state index is 10.6. The van der Waals surface area contributed by atoms with E-state index in [1.54, 1.807) is 0 Å². The van der Waals surface area contributed by atoms with Gasteiger partial charge in [0, 0.05) is 12.0 Å². The predicted octanol–water partition coefficient (Wildman–Crippen LogP) is 1.59. The first-order valence-electron chi connectivity index (χ1n) is 4.63. The molecule has 0 fully saturated rings. The van der Waals surface area contributed by atoms with E-state index >= 15 is 0 Å². The molecule has 1 aromatic carbocycles. The first kappa shape index (κ1) is 10.7. The van der Waals surface area contributed by atoms with Crippen molar-refractivity contribution < 1.29 is 9.90 Å². The molecule has 3 N–H and O–H groups in total. The third-order valence-electron chi connectivity index (χ3n) is 2.26. The fourth-order valence-corrected chi connectivity index (χ4v) is 1.50. The fourth-order valence-electron chi connectivity index (χ4n) is 1.50. The summed E-state index contributed by atoms with van der Waals surface area (Å²) in [5.74, 6) is -0.912. The number of carboxylic acids is 1. The van der Waals surface area contributed by atoms with Crippen LogP contribution < -0.4 is 5.73 Å². The van der Waals surface area contributed by atoms with Crippen LogP contribution in [0.3, 0.4) is 0 Å². The third kappa shape index (κ3) is 2.85. The monoisotopic (exact) mass is 193 g/mol. The summed E-state index contributed by atoms with van der Waals surface area (Å²) in [7, 11) is 0. The third-order valence-corrected chi connectivity index (χ3v) is 2.26. The molecule has 0 aromatic heterocycles. The minimum absolute atomic E-state index is 0.0850. The average molecular weight is 193 g/mol. The topological polar surface area (TPSA) is 63.3 Å². The van der Waals surface area contributed by atoms with Gasteiger partial charge in [-0.3, -0.25) is 4.79 Å². The Morgan fingerprint density at radius 2 is 2.00 bits per heavy atom. The van der Waals surface area contributed by atoms with Gasteiger partial charge < -0.3 is 10.8 Å². The van der Waals surface area contributed by atoms with Crippen LogP contribution in [-0.2, 0) is 4.79 Å². The van der Waals surface area contributed by atoms with Gasteiger partial charge in [-0.1, -0.05) is 30.3 Å². The lowest BCUT2D eigenvalue weighted by atomic mass is 9.90. The molecule has 0 spiro atoms. The summed E-state index contributed by atoms with van der Waals surface area (Å²) in [5, 5.41) is 8.74. The standard InChI is InChI=1S/C11H15NO2/c1-8(12)10(7-11(13)14)9-5-3-2-4-6-9/h2-6,8,10H,7,12H2,1H3,(H,13,14)/t8-,10+/m1/s1. The molecule has 0 amide bonds. The van der Waals surface area contributed by atoms with Gasteiger partial charge in [0.15, 0.2) is 0 Å². The van der Waals surface area contributed by atoms with Crippen molar-refractivity contribution in [1.29, 1.82) is 0 Å². The summed E-state index contributed by atoms with van der Waals surface area (Å²) in [4.78, 5) is 10.6. The van der Waals surface area contributed by atoms with E-state index in [4.69, 9.17) is 10.8 Å². The fraction of sp³-hybridized carbons (Fsp3) is 0.364. The number of hydrogen-bond acceptors (Lipinski definition) is 2. The first-order chi connectivity index (χ1) is 6.61. The molecule has 2 atom stereocenters. The van der Waals surface area contributed by atoms with Crippen LogP contribution in [-0.4, -0.2) is 17.1 Å². The highest BCUT2D eigenvalue weighted by Crippen LogP contribution is 2.21. The Bertz CT molecular complexity index is 295. The Hall–Kier alpha value is -1.35. The maximum Gasteiger partial charge on any atom is 0.304 e. The van der Waals surface area contributed by atoms with E-state index in [2.05, 4.69) is 0 Å². The highest BCUT2D eigenvalue weighted by atomic mass is 16.4. The Kier molecular flexibility index (Phi) is 3.65. The number of carbonyl (C=O) groups is 1. The molecule has 76 valence electrons. The zero-order valence-corrected chi connectivity index (χ0v) is 8.18. The molecular weight excluding hydrogens is 178 g/mol. The highest BCUT2D eigenvalue weighted by Gasteiger charge is 2.18. The second-order valence-electron chi connectivity index (χ2n) is 3.47. The number of carboxylic acid groups (broad SMARTS) is 1. The van der Waals surface area contributed by atoms with Crippen LogP contribution in [0.1, 0.15) is 24.8 Å². The Morgan fingerprint density at radius 3 is 2.43 bits per heavy atom. The van der Waals surface area contributed by atoms with Gasteiger partial charge in [0.1, 0.15) is 0 Å². The number of benzene rings is 1. The van der Waals surface area contributed by atoms with Gasteiger partial charge in [-0.2, -0.15) is 0 Å². The Labute approximate surface area is 83.6 Å². The van der Waals surface area contributed by atoms with Crippen molar-refractivity contribution in [1.82, 2.24) is 0 Å². The van der Waals surface area contributed by atoms with Crippen molar-refractivity contribution in [3.8, 4) is 0 Å². The quantitative estimate of drug-likeness (QED) is 0.763. The summed E-state index contributed by atoms with van der Waals surface area (Å²) >= 11 is 0. The molecule has 0 aliphatic rings. The van der Waals surface area contributed by atoms with Crippen molar-refractivity contribution in [3.63, 3.8) is 0 Å². The molecule has 0 bridgehead atoms. The largest absolute Gasteiger partial charge is 0.481 e. The van der Waals surface area contributed by atoms with E-state index in [-0.39, 0.29) is 18.4 Å². The lowest BCUT2D eigenvalue weighted by Crippen LogP contribution is -2.26. The highest BCUT2D eigenvalue weighted by molar-refractivity contribution is 5.68. The van der Waals surface area contributed by atoms with Gasteiger partial charge in [0.2, 0.25) is 0 Å². The van der Waals surface area contributed by atoms with Crippen LogP contribution in [0.25, 0.3) is 0 Å². The molecule has 3 nitrogen and oxygen atoms in total. The van der Waals surface area contributed by atoms with E-state index in [1.165, 1.54) is 0 Å². The predicted molar refractivity (Wildman–Crippen MR) is 55.1 cm³/mol. The first-order valence-corrected chi connectivity index (χ1v) is 4.63. The molecule has 3 heteroatoms. The number of aliphatic carboxylic acids is 1. The second kappa shape index (κ2) is 4.77. The van der Waals surface area contributed by atoms with Crippen LogP contribution in [0.4, 0.5) is 0 Å². The van der Waals surface area contributed by atoms with Gasteiger partial charge in [-0.15, -0.1) is 0 Å². The summed E-state index contributed by atoms with van der Waals surface area (Å²) in [6, 6.07) is 9.38. The number of nitrogens with two attached hydrogens (primary N) is 1. The van der Waals surface area contributed by atoms with Gasteiger partial charge in [0.25, 0.3) is 0 Å². The molecule has 1 rings (SSSR count). The molecule has 1 aromatic rings. The van der Waals surface area contributed by atoms with Crippen LogP contribution in [0.2, 0.25) is 0 Å². The molecule has 0 saturated heterocycles. The SMILES string of the molecule is C[C@@H](N)[C@H](CC(=O)O)c1ccccc1. The lowest BCUT2D eigenvalue weighted by molar-refractivity contribution is -0.137. The molecular formula is C11H15NO2. The molecule has 0 unspecified atom stereocenters. The van der Waals surface area contributed by atoms with Crippen molar-refractivity contribution in [2.45, 2.75) is 25.3 Å². The van der Waals surface area contributed by atoms with Crippen molar-refractivity contribution in [2.75, 3.05) is 0 Å². The van der Waals surface area contributed by atoms with Gasteiger partial charge in [-0.05, 0) is 12.5 Å². The molecule has 0 aliphatic heterocycles. The van der Waals surface area contributed by atoms with Crippen molar-refractivity contribution in [3.05, 3.63) is 35.9 Å². The molecule has 14 heavy (non-hydrogen) atoms. The normalized spacial score (nSPS) is 14.7. The van der Waals surface area contributed by atoms with Crippen LogP contribution in [0.15, 0.2) is 30.3 Å². The molecule has 0 heterocycles. The summed E-state index contributed by atoms with van der Waals surface area (Å²) in [6.45, 7) is 1.83. The average Bonchev–Trinajstić information content (AvgIpc) is 2.15. The molecule has 0 saturated carbocycles. The van der Waals surface area contributed by atoms with Crippen LogP contribution >= 0.6 is 0 Å². The smallest absolute Gasteiger partial charge is 0.304 e. The molecule has 0 aliphatic carbocycles. The zero-order chi connectivity index (χ0) is 10.6. The van der Waals surface area contributed by atoms with Crippen molar-refractivity contribution >= 4 is 5.97 Å². The Balaban J connectivity index is 2.83. The van der Waals surface area contributed by atoms with Gasteiger partial charge >= 0.3 is 5.97 Å². The van der Waals surface area contributed by atoms with Gasteiger partial charge in [-0.25, -0.2) is 0 Å². The van der Waals surface area contributed by atoms with Gasteiger partial charge in [0.05, 0.1) is 6.42 Å².